The fraction of sp³-hybridized carbons (Fsp3) is 0.500. The lowest BCUT2D eigenvalue weighted by Gasteiger charge is -2.14. The van der Waals surface area contributed by atoms with Gasteiger partial charge in [0.15, 0.2) is 0 Å². The molecule has 0 fully saturated rings. The minimum atomic E-state index is -0.903. The third-order valence-electron chi connectivity index (χ3n) is 2.42. The van der Waals surface area contributed by atoms with Crippen molar-refractivity contribution < 1.29 is 24.6 Å². The average molecular weight is 350 g/mol. The molecule has 0 heterocycles. The highest BCUT2D eigenvalue weighted by atomic mass is 79.9. The molecule has 1 unspecified atom stereocenters. The Labute approximate surface area is 124 Å². The van der Waals surface area contributed by atoms with Gasteiger partial charge >= 0.3 is 5.69 Å². The Balaban J connectivity index is 2.92. The van der Waals surface area contributed by atoms with Gasteiger partial charge in [-0.2, -0.15) is 0 Å². The molecule has 0 saturated heterocycles. The molecule has 1 aromatic rings. The zero-order chi connectivity index (χ0) is 15.1. The Morgan fingerprint density at radius 1 is 1.40 bits per heavy atom. The lowest BCUT2D eigenvalue weighted by Crippen LogP contribution is -2.11. The van der Waals surface area contributed by atoms with Gasteiger partial charge in [0.2, 0.25) is 5.75 Å². The first kappa shape index (κ1) is 16.8. The zero-order valence-corrected chi connectivity index (χ0v) is 12.5. The molecule has 0 bridgehead atoms. The lowest BCUT2D eigenvalue weighted by molar-refractivity contribution is -0.386. The van der Waals surface area contributed by atoms with E-state index in [4.69, 9.17) is 14.6 Å². The van der Waals surface area contributed by atoms with E-state index in [-0.39, 0.29) is 37.9 Å². The lowest BCUT2D eigenvalue weighted by atomic mass is 10.1. The normalized spacial score (nSPS) is 12.2. The summed E-state index contributed by atoms with van der Waals surface area (Å²) in [6, 6.07) is 2.89. The van der Waals surface area contributed by atoms with Crippen LogP contribution in [0.15, 0.2) is 16.6 Å². The van der Waals surface area contributed by atoms with E-state index in [1.54, 1.807) is 6.07 Å². The number of ether oxygens (including phenoxy) is 2. The first-order valence-corrected chi connectivity index (χ1v) is 6.74. The van der Waals surface area contributed by atoms with Crippen LogP contribution in [0.1, 0.15) is 18.6 Å². The number of halogens is 1. The molecule has 112 valence electrons. The minimum absolute atomic E-state index is 0.0285. The molecule has 8 heteroatoms. The van der Waals surface area contributed by atoms with E-state index in [9.17, 15) is 15.2 Å². The quantitative estimate of drug-likeness (QED) is 0.421. The largest absolute Gasteiger partial charge is 0.484 e. The average Bonchev–Trinajstić information content (AvgIpc) is 2.38. The van der Waals surface area contributed by atoms with Crippen molar-refractivity contribution in [2.45, 2.75) is 13.0 Å². The fourth-order valence-corrected chi connectivity index (χ4v) is 2.04. The number of nitro groups is 1. The van der Waals surface area contributed by atoms with Gasteiger partial charge in [-0.05, 0) is 13.0 Å². The zero-order valence-electron chi connectivity index (χ0n) is 10.9. The van der Waals surface area contributed by atoms with E-state index < -0.39 is 11.0 Å². The molecule has 20 heavy (non-hydrogen) atoms. The van der Waals surface area contributed by atoms with Crippen molar-refractivity contribution in [3.05, 3.63) is 32.3 Å². The third kappa shape index (κ3) is 4.71. The molecule has 2 N–H and O–H groups in total. The van der Waals surface area contributed by atoms with Gasteiger partial charge in [0.25, 0.3) is 0 Å². The summed E-state index contributed by atoms with van der Waals surface area (Å²) in [4.78, 5) is 10.5. The number of aliphatic hydroxyl groups is 2. The van der Waals surface area contributed by atoms with Gasteiger partial charge in [0.05, 0.1) is 30.8 Å². The predicted molar refractivity (Wildman–Crippen MR) is 74.8 cm³/mol. The first-order valence-electron chi connectivity index (χ1n) is 5.94. The van der Waals surface area contributed by atoms with Gasteiger partial charge in [-0.1, -0.05) is 15.9 Å². The first-order chi connectivity index (χ1) is 9.47. The van der Waals surface area contributed by atoms with Gasteiger partial charge < -0.3 is 19.7 Å². The van der Waals surface area contributed by atoms with Crippen molar-refractivity contribution in [3.63, 3.8) is 0 Å². The smallest absolute Gasteiger partial charge is 0.312 e. The van der Waals surface area contributed by atoms with Crippen molar-refractivity contribution >= 4 is 21.6 Å². The Morgan fingerprint density at radius 3 is 2.65 bits per heavy atom. The molecule has 0 aliphatic heterocycles. The van der Waals surface area contributed by atoms with Crippen LogP contribution in [-0.4, -0.2) is 41.6 Å². The second-order valence-electron chi connectivity index (χ2n) is 3.96. The van der Waals surface area contributed by atoms with Crippen LogP contribution in [-0.2, 0) is 4.74 Å². The van der Waals surface area contributed by atoms with E-state index in [1.165, 1.54) is 13.0 Å². The maximum Gasteiger partial charge on any atom is 0.312 e. The molecule has 0 spiro atoms. The summed E-state index contributed by atoms with van der Waals surface area (Å²) in [5.41, 5.74) is 0.102. The molecule has 0 aromatic heterocycles. The summed E-state index contributed by atoms with van der Waals surface area (Å²) < 4.78 is 10.9. The minimum Gasteiger partial charge on any atom is -0.484 e. The highest BCUT2D eigenvalue weighted by Gasteiger charge is 2.23. The van der Waals surface area contributed by atoms with Crippen LogP contribution in [0.2, 0.25) is 0 Å². The molecule has 1 rings (SSSR count). The molecular formula is C12H16BrNO6. The van der Waals surface area contributed by atoms with Gasteiger partial charge in [0.1, 0.15) is 6.61 Å². The molecule has 0 radical (unpaired) electrons. The maximum absolute atomic E-state index is 11.0. The number of aliphatic hydroxyl groups excluding tert-OH is 2. The molecule has 0 amide bonds. The maximum atomic E-state index is 11.0. The number of nitrogens with zero attached hydrogens (tertiary/aromatic N) is 1. The van der Waals surface area contributed by atoms with Crippen LogP contribution in [0.3, 0.4) is 0 Å². The second kappa shape index (κ2) is 8.15. The molecule has 1 atom stereocenters. The number of benzene rings is 1. The Morgan fingerprint density at radius 2 is 2.10 bits per heavy atom. The monoisotopic (exact) mass is 349 g/mol. The van der Waals surface area contributed by atoms with Crippen molar-refractivity contribution in [2.75, 3.05) is 26.4 Å². The van der Waals surface area contributed by atoms with Crippen molar-refractivity contribution in [2.24, 2.45) is 0 Å². The van der Waals surface area contributed by atoms with Crippen LogP contribution in [0.5, 0.6) is 5.75 Å². The van der Waals surface area contributed by atoms with Crippen LogP contribution < -0.4 is 4.74 Å². The highest BCUT2D eigenvalue weighted by molar-refractivity contribution is 9.10. The SMILES string of the molecule is CC(O)c1cc(Br)cc([N+](=O)[O-])c1OCCOCCO. The van der Waals surface area contributed by atoms with Gasteiger partial charge in [0, 0.05) is 16.1 Å². The Bertz CT molecular complexity index is 466. The summed E-state index contributed by atoms with van der Waals surface area (Å²) in [7, 11) is 0. The van der Waals surface area contributed by atoms with Gasteiger partial charge in [-0.15, -0.1) is 0 Å². The fourth-order valence-electron chi connectivity index (χ4n) is 1.57. The van der Waals surface area contributed by atoms with Crippen molar-refractivity contribution in [3.8, 4) is 5.75 Å². The van der Waals surface area contributed by atoms with Crippen LogP contribution in [0.4, 0.5) is 5.69 Å². The highest BCUT2D eigenvalue weighted by Crippen LogP contribution is 2.37. The van der Waals surface area contributed by atoms with Crippen LogP contribution in [0.25, 0.3) is 0 Å². The summed E-state index contributed by atoms with van der Waals surface area (Å²) >= 11 is 3.16. The number of hydrogen-bond acceptors (Lipinski definition) is 6. The van der Waals surface area contributed by atoms with E-state index in [0.717, 1.165) is 0 Å². The molecular weight excluding hydrogens is 334 g/mol. The van der Waals surface area contributed by atoms with E-state index in [1.807, 2.05) is 0 Å². The standard InChI is InChI=1S/C12H16BrNO6/c1-8(16)10-6-9(13)7-11(14(17)18)12(10)20-5-4-19-3-2-15/h6-8,15-16H,2-5H2,1H3. The number of hydrogen-bond donors (Lipinski definition) is 2. The van der Waals surface area contributed by atoms with Gasteiger partial charge in [-0.25, -0.2) is 0 Å². The summed E-state index contributed by atoms with van der Waals surface area (Å²) in [6.07, 6.45) is -0.903. The van der Waals surface area contributed by atoms with E-state index in [2.05, 4.69) is 15.9 Å². The number of nitro benzene ring substituents is 1. The molecule has 0 aliphatic rings. The van der Waals surface area contributed by atoms with E-state index in [0.29, 0.717) is 10.0 Å². The van der Waals surface area contributed by atoms with Gasteiger partial charge in [-0.3, -0.25) is 10.1 Å². The second-order valence-corrected chi connectivity index (χ2v) is 4.88. The van der Waals surface area contributed by atoms with Crippen molar-refractivity contribution in [1.29, 1.82) is 0 Å². The topological polar surface area (TPSA) is 102 Å². The Kier molecular flexibility index (Phi) is 6.86. The Hall–Kier alpha value is -1.22. The molecule has 1 aromatic carbocycles. The van der Waals surface area contributed by atoms with Crippen LogP contribution >= 0.6 is 15.9 Å². The van der Waals surface area contributed by atoms with Crippen molar-refractivity contribution in [1.82, 2.24) is 0 Å². The molecule has 0 saturated carbocycles. The molecule has 7 nitrogen and oxygen atoms in total. The van der Waals surface area contributed by atoms with E-state index >= 15 is 0 Å². The molecule has 0 aliphatic carbocycles. The van der Waals surface area contributed by atoms with Crippen LogP contribution in [0, 0.1) is 10.1 Å². The predicted octanol–water partition coefficient (Wildman–Crippen LogP) is 1.80. The summed E-state index contributed by atoms with van der Waals surface area (Å²) in [5, 5.41) is 29.3. The summed E-state index contributed by atoms with van der Waals surface area (Å²) in [6.45, 7) is 1.85. The number of rotatable bonds is 8. The summed E-state index contributed by atoms with van der Waals surface area (Å²) in [5.74, 6) is 0.0285. The third-order valence-corrected chi connectivity index (χ3v) is 2.88.